The van der Waals surface area contributed by atoms with Crippen LogP contribution in [0.2, 0.25) is 0 Å². The van der Waals surface area contributed by atoms with Crippen LogP contribution in [0.25, 0.3) is 0 Å². The number of hydrogen-bond donors (Lipinski definition) is 2. The van der Waals surface area contributed by atoms with E-state index in [0.717, 1.165) is 25.9 Å². The van der Waals surface area contributed by atoms with Gasteiger partial charge in [-0.05, 0) is 46.3 Å². The molecule has 1 heterocycles. The van der Waals surface area contributed by atoms with E-state index in [4.69, 9.17) is 0 Å². The molecule has 2 N–H and O–H groups in total. The fourth-order valence-corrected chi connectivity index (χ4v) is 1.95. The fraction of sp³-hybridized carbons (Fsp3) is 0.688. The van der Waals surface area contributed by atoms with Gasteiger partial charge in [-0.1, -0.05) is 13.8 Å². The lowest BCUT2D eigenvalue weighted by Crippen LogP contribution is -2.28. The highest BCUT2D eigenvalue weighted by atomic mass is 16.1. The minimum atomic E-state index is -0.142. The van der Waals surface area contributed by atoms with E-state index in [9.17, 15) is 4.79 Å². The van der Waals surface area contributed by atoms with Crippen LogP contribution in [0.1, 0.15) is 43.0 Å². The molecule has 0 aromatic carbocycles. The molecule has 1 rings (SSSR count). The normalized spacial score (nSPS) is 11.0. The maximum atomic E-state index is 12.1. The lowest BCUT2D eigenvalue weighted by atomic mass is 10.1. The molecule has 0 aliphatic rings. The predicted molar refractivity (Wildman–Crippen MR) is 90.2 cm³/mol. The summed E-state index contributed by atoms with van der Waals surface area (Å²) >= 11 is 0. The second kappa shape index (κ2) is 9.35. The number of nitrogens with one attached hydrogen (secondary N) is 2. The van der Waals surface area contributed by atoms with Crippen LogP contribution >= 0.6 is 0 Å². The number of carbonyl (C=O) groups excluding carboxylic acids is 1. The lowest BCUT2D eigenvalue weighted by Gasteiger charge is -2.11. The smallest absolute Gasteiger partial charge is 0.270 e. The molecule has 124 valence electrons. The number of nitrogens with zero attached hydrogens (tertiary/aromatic N) is 3. The van der Waals surface area contributed by atoms with Crippen molar-refractivity contribution < 1.29 is 4.79 Å². The van der Waals surface area contributed by atoms with E-state index in [2.05, 4.69) is 39.3 Å². The molecule has 0 fully saturated rings. The zero-order valence-corrected chi connectivity index (χ0v) is 14.4. The van der Waals surface area contributed by atoms with Crippen LogP contribution in [0.3, 0.4) is 0 Å². The first kappa shape index (κ1) is 18.4. The topological polar surface area (TPSA) is 70.2 Å². The quantitative estimate of drug-likeness (QED) is 0.682. The van der Waals surface area contributed by atoms with Gasteiger partial charge in [-0.2, -0.15) is 0 Å². The first-order valence-electron chi connectivity index (χ1n) is 7.91. The Bertz CT molecular complexity index is 474. The molecule has 1 aromatic rings. The highest BCUT2D eigenvalue weighted by Gasteiger charge is 2.10. The van der Waals surface area contributed by atoms with Crippen LogP contribution in [-0.2, 0) is 0 Å². The van der Waals surface area contributed by atoms with Gasteiger partial charge in [0.05, 0.1) is 0 Å². The Morgan fingerprint density at radius 1 is 1.27 bits per heavy atom. The molecule has 0 aliphatic heterocycles. The van der Waals surface area contributed by atoms with Gasteiger partial charge < -0.3 is 15.5 Å². The zero-order chi connectivity index (χ0) is 16.5. The standard InChI is InChI=1S/C16H29N5O/c1-12(2)7-9-17-15-11-14(19-13(3)20-15)16(22)18-8-6-10-21(4)5/h11-12H,6-10H2,1-5H3,(H,18,22)(H,17,19,20). The van der Waals surface area contributed by atoms with Crippen LogP contribution < -0.4 is 10.6 Å². The maximum Gasteiger partial charge on any atom is 0.270 e. The Morgan fingerprint density at radius 2 is 2.00 bits per heavy atom. The maximum absolute atomic E-state index is 12.1. The van der Waals surface area contributed by atoms with Crippen molar-refractivity contribution in [2.24, 2.45) is 5.92 Å². The van der Waals surface area contributed by atoms with E-state index < -0.39 is 0 Å². The minimum Gasteiger partial charge on any atom is -0.370 e. The summed E-state index contributed by atoms with van der Waals surface area (Å²) in [5, 5.41) is 6.16. The SMILES string of the molecule is Cc1nc(NCCC(C)C)cc(C(=O)NCCCN(C)C)n1. The van der Waals surface area contributed by atoms with Crippen molar-refractivity contribution in [3.05, 3.63) is 17.6 Å². The van der Waals surface area contributed by atoms with Gasteiger partial charge in [0.25, 0.3) is 5.91 Å². The van der Waals surface area contributed by atoms with Crippen LogP contribution in [0.5, 0.6) is 0 Å². The highest BCUT2D eigenvalue weighted by Crippen LogP contribution is 2.08. The minimum absolute atomic E-state index is 0.142. The van der Waals surface area contributed by atoms with Gasteiger partial charge in [-0.15, -0.1) is 0 Å². The summed E-state index contributed by atoms with van der Waals surface area (Å²) in [4.78, 5) is 22.8. The number of aromatic nitrogens is 2. The van der Waals surface area contributed by atoms with Crippen molar-refractivity contribution in [1.82, 2.24) is 20.2 Å². The van der Waals surface area contributed by atoms with Gasteiger partial charge >= 0.3 is 0 Å². The number of anilines is 1. The van der Waals surface area contributed by atoms with E-state index in [1.807, 2.05) is 14.1 Å². The number of carbonyl (C=O) groups is 1. The summed E-state index contributed by atoms with van der Waals surface area (Å²) in [7, 11) is 4.04. The largest absolute Gasteiger partial charge is 0.370 e. The molecule has 0 saturated carbocycles. The van der Waals surface area contributed by atoms with Crippen molar-refractivity contribution in [1.29, 1.82) is 0 Å². The van der Waals surface area contributed by atoms with Crippen LogP contribution in [0, 0.1) is 12.8 Å². The molecule has 0 unspecified atom stereocenters. The predicted octanol–water partition coefficient (Wildman–Crippen LogP) is 1.92. The Labute approximate surface area is 133 Å². The van der Waals surface area contributed by atoms with E-state index in [-0.39, 0.29) is 5.91 Å². The van der Waals surface area contributed by atoms with Gasteiger partial charge in [0.15, 0.2) is 0 Å². The van der Waals surface area contributed by atoms with Crippen molar-refractivity contribution in [2.75, 3.05) is 39.0 Å². The molecular weight excluding hydrogens is 278 g/mol. The van der Waals surface area contributed by atoms with Crippen molar-refractivity contribution in [3.8, 4) is 0 Å². The summed E-state index contributed by atoms with van der Waals surface area (Å²) in [6.07, 6.45) is 1.98. The second-order valence-corrected chi connectivity index (χ2v) is 6.21. The number of amides is 1. The molecule has 6 nitrogen and oxygen atoms in total. The number of hydrogen-bond acceptors (Lipinski definition) is 5. The molecule has 0 bridgehead atoms. The number of aryl methyl sites for hydroxylation is 1. The van der Waals surface area contributed by atoms with Crippen molar-refractivity contribution >= 4 is 11.7 Å². The molecule has 1 aromatic heterocycles. The first-order chi connectivity index (χ1) is 10.4. The highest BCUT2D eigenvalue weighted by molar-refractivity contribution is 5.92. The molecular formula is C16H29N5O. The molecule has 6 heteroatoms. The molecule has 1 amide bonds. The van der Waals surface area contributed by atoms with Gasteiger partial charge in [-0.25, -0.2) is 9.97 Å². The van der Waals surface area contributed by atoms with Crippen molar-refractivity contribution in [3.63, 3.8) is 0 Å². The molecule has 0 spiro atoms. The summed E-state index contributed by atoms with van der Waals surface area (Å²) in [6.45, 7) is 8.61. The van der Waals surface area contributed by atoms with Gasteiger partial charge in [0.2, 0.25) is 0 Å². The monoisotopic (exact) mass is 307 g/mol. The summed E-state index contributed by atoms with van der Waals surface area (Å²) in [5.41, 5.74) is 0.421. The van der Waals surface area contributed by atoms with Gasteiger partial charge in [-0.3, -0.25) is 4.79 Å². The first-order valence-corrected chi connectivity index (χ1v) is 7.91. The third-order valence-corrected chi connectivity index (χ3v) is 3.17. The lowest BCUT2D eigenvalue weighted by molar-refractivity contribution is 0.0947. The van der Waals surface area contributed by atoms with Crippen LogP contribution in [0.4, 0.5) is 5.82 Å². The molecule has 0 aliphatic carbocycles. The third kappa shape index (κ3) is 7.36. The second-order valence-electron chi connectivity index (χ2n) is 6.21. The Kier molecular flexibility index (Phi) is 7.80. The Hall–Kier alpha value is -1.69. The summed E-state index contributed by atoms with van der Waals surface area (Å²) in [5.74, 6) is 1.81. The average Bonchev–Trinajstić information content (AvgIpc) is 2.42. The Balaban J connectivity index is 2.54. The van der Waals surface area contributed by atoms with Crippen molar-refractivity contribution in [2.45, 2.75) is 33.6 Å². The van der Waals surface area contributed by atoms with Gasteiger partial charge in [0, 0.05) is 19.2 Å². The average molecular weight is 307 g/mol. The zero-order valence-electron chi connectivity index (χ0n) is 14.4. The molecule has 0 radical (unpaired) electrons. The van der Waals surface area contributed by atoms with E-state index in [0.29, 0.717) is 29.8 Å². The summed E-state index contributed by atoms with van der Waals surface area (Å²) < 4.78 is 0. The summed E-state index contributed by atoms with van der Waals surface area (Å²) in [6, 6.07) is 1.72. The third-order valence-electron chi connectivity index (χ3n) is 3.17. The van der Waals surface area contributed by atoms with Crippen LogP contribution in [0.15, 0.2) is 6.07 Å². The van der Waals surface area contributed by atoms with E-state index >= 15 is 0 Å². The molecule has 0 saturated heterocycles. The fourth-order valence-electron chi connectivity index (χ4n) is 1.95. The van der Waals surface area contributed by atoms with E-state index in [1.54, 1.807) is 13.0 Å². The Morgan fingerprint density at radius 3 is 2.64 bits per heavy atom. The number of rotatable bonds is 9. The molecule has 22 heavy (non-hydrogen) atoms. The van der Waals surface area contributed by atoms with E-state index in [1.165, 1.54) is 0 Å². The molecule has 0 atom stereocenters. The van der Waals surface area contributed by atoms with Crippen LogP contribution in [-0.4, -0.2) is 54.5 Å². The van der Waals surface area contributed by atoms with Gasteiger partial charge in [0.1, 0.15) is 17.3 Å².